The fourth-order valence-electron chi connectivity index (χ4n) is 1.16. The van der Waals surface area contributed by atoms with Gasteiger partial charge in [0.15, 0.2) is 0 Å². The molecule has 0 atom stereocenters. The monoisotopic (exact) mass is 220 g/mol. The van der Waals surface area contributed by atoms with E-state index in [0.29, 0.717) is 5.56 Å². The molecule has 2 nitrogen and oxygen atoms in total. The Hall–Kier alpha value is -1.23. The van der Waals surface area contributed by atoms with E-state index in [9.17, 15) is 13.2 Å². The predicted octanol–water partition coefficient (Wildman–Crippen LogP) is 2.38. The highest BCUT2D eigenvalue weighted by Crippen LogP contribution is 2.32. The van der Waals surface area contributed by atoms with Crippen LogP contribution in [-0.4, -0.2) is 18.3 Å². The number of aliphatic hydroxyl groups is 1. The van der Waals surface area contributed by atoms with Gasteiger partial charge in [0.2, 0.25) is 0 Å². The molecule has 0 radical (unpaired) electrons. The van der Waals surface area contributed by atoms with Crippen LogP contribution in [0.25, 0.3) is 0 Å². The lowest BCUT2D eigenvalue weighted by molar-refractivity contribution is -0.137. The Balaban J connectivity index is 2.95. The van der Waals surface area contributed by atoms with Crippen LogP contribution in [0.3, 0.4) is 0 Å². The molecular weight excluding hydrogens is 209 g/mol. The van der Waals surface area contributed by atoms with Gasteiger partial charge in [-0.25, -0.2) is 0 Å². The number of aliphatic hydroxyl groups excluding tert-OH is 1. The molecule has 1 N–H and O–H groups in total. The van der Waals surface area contributed by atoms with Crippen molar-refractivity contribution in [2.24, 2.45) is 0 Å². The Bertz CT molecular complexity index is 334. The summed E-state index contributed by atoms with van der Waals surface area (Å²) in [5, 5.41) is 8.48. The fraction of sp³-hybridized carbons (Fsp3) is 0.400. The minimum Gasteiger partial charge on any atom is -0.491 e. The third-order valence-electron chi connectivity index (χ3n) is 1.74. The number of benzene rings is 1. The smallest absolute Gasteiger partial charge is 0.416 e. The van der Waals surface area contributed by atoms with Gasteiger partial charge in [-0.15, -0.1) is 0 Å². The van der Waals surface area contributed by atoms with Crippen molar-refractivity contribution in [2.45, 2.75) is 13.1 Å². The number of aryl methyl sites for hydroxylation is 1. The van der Waals surface area contributed by atoms with Crippen molar-refractivity contribution in [1.29, 1.82) is 0 Å². The summed E-state index contributed by atoms with van der Waals surface area (Å²) in [6.45, 7) is 1.32. The summed E-state index contributed by atoms with van der Waals surface area (Å²) < 4.78 is 42.0. The minimum absolute atomic E-state index is 0.0131. The lowest BCUT2D eigenvalue weighted by Crippen LogP contribution is -2.07. The topological polar surface area (TPSA) is 29.5 Å². The fourth-order valence-corrected chi connectivity index (χ4v) is 1.16. The molecule has 0 amide bonds. The average molecular weight is 220 g/mol. The molecule has 0 heterocycles. The van der Waals surface area contributed by atoms with Crippen molar-refractivity contribution >= 4 is 0 Å². The summed E-state index contributed by atoms with van der Waals surface area (Å²) in [6.07, 6.45) is -4.37. The van der Waals surface area contributed by atoms with Gasteiger partial charge in [0.1, 0.15) is 12.4 Å². The molecule has 0 saturated carbocycles. The summed E-state index contributed by atoms with van der Waals surface area (Å²) >= 11 is 0. The zero-order valence-corrected chi connectivity index (χ0v) is 8.14. The maximum absolute atomic E-state index is 12.4. The van der Waals surface area contributed by atoms with E-state index in [1.165, 1.54) is 6.07 Å². The quantitative estimate of drug-likeness (QED) is 0.847. The van der Waals surface area contributed by atoms with Crippen LogP contribution in [0.15, 0.2) is 18.2 Å². The molecule has 0 aliphatic heterocycles. The van der Waals surface area contributed by atoms with Crippen molar-refractivity contribution in [3.63, 3.8) is 0 Å². The standard InChI is InChI=1S/C10H11F3O2/c1-7-4-8(10(11,12)13)6-9(5-7)15-3-2-14/h4-6,14H,2-3H2,1H3. The van der Waals surface area contributed by atoms with Gasteiger partial charge in [-0.2, -0.15) is 13.2 Å². The molecule has 5 heteroatoms. The van der Waals surface area contributed by atoms with Crippen LogP contribution in [0.2, 0.25) is 0 Å². The molecule has 84 valence electrons. The number of hydrogen-bond donors (Lipinski definition) is 1. The third-order valence-corrected chi connectivity index (χ3v) is 1.74. The zero-order chi connectivity index (χ0) is 11.5. The van der Waals surface area contributed by atoms with Gasteiger partial charge >= 0.3 is 6.18 Å². The minimum atomic E-state index is -4.37. The van der Waals surface area contributed by atoms with E-state index in [1.807, 2.05) is 0 Å². The van der Waals surface area contributed by atoms with Crippen LogP contribution in [0, 0.1) is 6.92 Å². The van der Waals surface area contributed by atoms with Crippen molar-refractivity contribution in [2.75, 3.05) is 13.2 Å². The molecule has 15 heavy (non-hydrogen) atoms. The summed E-state index contributed by atoms with van der Waals surface area (Å²) in [4.78, 5) is 0. The highest BCUT2D eigenvalue weighted by molar-refractivity contribution is 5.35. The molecule has 1 rings (SSSR count). The third kappa shape index (κ3) is 3.43. The van der Waals surface area contributed by atoms with Crippen LogP contribution in [0.1, 0.15) is 11.1 Å². The second-order valence-electron chi connectivity index (χ2n) is 3.10. The molecule has 0 fully saturated rings. The van der Waals surface area contributed by atoms with Crippen molar-refractivity contribution < 1.29 is 23.0 Å². The molecule has 1 aromatic carbocycles. The largest absolute Gasteiger partial charge is 0.491 e. The summed E-state index contributed by atoms with van der Waals surface area (Å²) in [5.74, 6) is 0.122. The van der Waals surface area contributed by atoms with Gasteiger partial charge in [-0.05, 0) is 30.7 Å². The Morgan fingerprint density at radius 3 is 2.47 bits per heavy atom. The van der Waals surface area contributed by atoms with Gasteiger partial charge in [-0.1, -0.05) is 0 Å². The summed E-state index contributed by atoms with van der Waals surface area (Å²) in [6, 6.07) is 3.46. The molecule has 0 saturated heterocycles. The van der Waals surface area contributed by atoms with Crippen LogP contribution >= 0.6 is 0 Å². The average Bonchev–Trinajstić information content (AvgIpc) is 2.12. The highest BCUT2D eigenvalue weighted by atomic mass is 19.4. The van der Waals surface area contributed by atoms with E-state index in [2.05, 4.69) is 0 Å². The molecular formula is C10H11F3O2. The van der Waals surface area contributed by atoms with E-state index >= 15 is 0 Å². The van der Waals surface area contributed by atoms with Crippen LogP contribution in [0.4, 0.5) is 13.2 Å². The molecule has 0 aliphatic rings. The van der Waals surface area contributed by atoms with Crippen LogP contribution < -0.4 is 4.74 Å². The molecule has 0 unspecified atom stereocenters. The molecule has 0 bridgehead atoms. The number of ether oxygens (including phenoxy) is 1. The van der Waals surface area contributed by atoms with Gasteiger partial charge < -0.3 is 9.84 Å². The Morgan fingerprint density at radius 2 is 1.93 bits per heavy atom. The predicted molar refractivity (Wildman–Crippen MR) is 48.8 cm³/mol. The summed E-state index contributed by atoms with van der Waals surface area (Å²) in [5.41, 5.74) is -0.270. The maximum atomic E-state index is 12.4. The first kappa shape index (κ1) is 11.8. The van der Waals surface area contributed by atoms with E-state index < -0.39 is 11.7 Å². The van der Waals surface area contributed by atoms with Gasteiger partial charge in [0, 0.05) is 0 Å². The number of halogens is 3. The lowest BCUT2D eigenvalue weighted by Gasteiger charge is -2.11. The van der Waals surface area contributed by atoms with Gasteiger partial charge in [0.25, 0.3) is 0 Å². The Morgan fingerprint density at radius 1 is 1.27 bits per heavy atom. The van der Waals surface area contributed by atoms with E-state index in [4.69, 9.17) is 9.84 Å². The van der Waals surface area contributed by atoms with E-state index in [1.54, 1.807) is 6.92 Å². The lowest BCUT2D eigenvalue weighted by atomic mass is 10.1. The van der Waals surface area contributed by atoms with Crippen LogP contribution in [-0.2, 0) is 6.18 Å². The number of alkyl halides is 3. The van der Waals surface area contributed by atoms with Crippen molar-refractivity contribution in [3.05, 3.63) is 29.3 Å². The molecule has 0 aromatic heterocycles. The Labute approximate surface area is 85.3 Å². The van der Waals surface area contributed by atoms with Crippen molar-refractivity contribution in [1.82, 2.24) is 0 Å². The normalized spacial score (nSPS) is 11.5. The summed E-state index contributed by atoms with van der Waals surface area (Å²) in [7, 11) is 0. The van der Waals surface area contributed by atoms with Gasteiger partial charge in [-0.3, -0.25) is 0 Å². The first-order chi connectivity index (χ1) is 6.93. The first-order valence-corrected chi connectivity index (χ1v) is 4.36. The van der Waals surface area contributed by atoms with Crippen molar-refractivity contribution in [3.8, 4) is 5.75 Å². The molecule has 1 aromatic rings. The second kappa shape index (κ2) is 4.53. The van der Waals surface area contributed by atoms with Gasteiger partial charge in [0.05, 0.1) is 12.2 Å². The second-order valence-corrected chi connectivity index (χ2v) is 3.10. The van der Waals surface area contributed by atoms with E-state index in [-0.39, 0.29) is 19.0 Å². The highest BCUT2D eigenvalue weighted by Gasteiger charge is 2.31. The number of hydrogen-bond acceptors (Lipinski definition) is 2. The number of rotatable bonds is 3. The maximum Gasteiger partial charge on any atom is 0.416 e. The van der Waals surface area contributed by atoms with Crippen LogP contribution in [0.5, 0.6) is 5.75 Å². The first-order valence-electron chi connectivity index (χ1n) is 4.36. The SMILES string of the molecule is Cc1cc(OCCO)cc(C(F)(F)F)c1. The Kier molecular flexibility index (Phi) is 3.57. The molecule has 0 aliphatic carbocycles. The zero-order valence-electron chi connectivity index (χ0n) is 8.14. The van der Waals surface area contributed by atoms with E-state index in [0.717, 1.165) is 12.1 Å². The molecule has 0 spiro atoms.